The number of nitriles is 4. The summed E-state index contributed by atoms with van der Waals surface area (Å²) in [7, 11) is 0. The van der Waals surface area contributed by atoms with E-state index in [9.17, 15) is 21.0 Å². The molecule has 0 fully saturated rings. The third-order valence-electron chi connectivity index (χ3n) is 4.58. The van der Waals surface area contributed by atoms with Crippen LogP contribution in [-0.4, -0.2) is 0 Å². The third-order valence-corrected chi connectivity index (χ3v) is 4.58. The molecule has 0 heterocycles. The van der Waals surface area contributed by atoms with Gasteiger partial charge in [0.15, 0.2) is 0 Å². The Morgan fingerprint density at radius 3 is 1.19 bits per heavy atom. The van der Waals surface area contributed by atoms with Crippen LogP contribution >= 0.6 is 0 Å². The molecule has 0 saturated heterocycles. The smallest absolute Gasteiger partial charge is 0.102 e. The van der Waals surface area contributed by atoms with E-state index in [1.807, 2.05) is 72.8 Å². The van der Waals surface area contributed by atoms with E-state index in [4.69, 9.17) is 0 Å². The van der Waals surface area contributed by atoms with Crippen LogP contribution in [0.4, 0.5) is 0 Å². The predicted octanol–water partition coefficient (Wildman–Crippen LogP) is 4.63. The molecule has 4 heteroatoms. The van der Waals surface area contributed by atoms with Gasteiger partial charge in [-0.1, -0.05) is 24.3 Å². The molecule has 116 valence electrons. The summed E-state index contributed by atoms with van der Waals surface area (Å²) in [6.45, 7) is 0. The number of rotatable bonds is 0. The van der Waals surface area contributed by atoms with Crippen LogP contribution in [0.3, 0.4) is 0 Å². The number of hydrogen-bond donors (Lipinski definition) is 0. The molecule has 0 N–H and O–H groups in total. The van der Waals surface area contributed by atoms with Gasteiger partial charge in [-0.25, -0.2) is 0 Å². The summed E-state index contributed by atoms with van der Waals surface area (Å²) in [5.41, 5.74) is 0.180. The van der Waals surface area contributed by atoms with Gasteiger partial charge in [0.05, 0.1) is 22.3 Å². The minimum Gasteiger partial charge on any atom is -0.192 e. The molecule has 26 heavy (non-hydrogen) atoms. The van der Waals surface area contributed by atoms with Crippen LogP contribution in [0.2, 0.25) is 0 Å². The van der Waals surface area contributed by atoms with E-state index in [1.54, 1.807) is 0 Å². The Bertz CT molecular complexity index is 1310. The highest BCUT2D eigenvalue weighted by atomic mass is 14.3. The Hall–Kier alpha value is -4.38. The zero-order chi connectivity index (χ0) is 18.3. The summed E-state index contributed by atoms with van der Waals surface area (Å²) in [6, 6.07) is 23.5. The molecule has 0 amide bonds. The number of fused-ring (bicyclic) bond motifs is 3. The first-order valence-electron chi connectivity index (χ1n) is 7.78. The van der Waals surface area contributed by atoms with Gasteiger partial charge < -0.3 is 0 Å². The van der Waals surface area contributed by atoms with Gasteiger partial charge in [-0.2, -0.15) is 21.0 Å². The molecule has 0 spiro atoms. The molecule has 0 radical (unpaired) electrons. The average molecular weight is 328 g/mol. The highest BCUT2D eigenvalue weighted by Gasteiger charge is 2.20. The Balaban J connectivity index is 2.29. The normalized spacial score (nSPS) is 10.2. The topological polar surface area (TPSA) is 95.2 Å². The fourth-order valence-electron chi connectivity index (χ4n) is 3.38. The van der Waals surface area contributed by atoms with E-state index in [1.165, 1.54) is 0 Å². The highest BCUT2D eigenvalue weighted by molar-refractivity contribution is 6.08. The van der Waals surface area contributed by atoms with Crippen molar-refractivity contribution >= 4 is 32.3 Å². The first-order chi connectivity index (χ1) is 12.7. The fourth-order valence-corrected chi connectivity index (χ4v) is 3.38. The lowest BCUT2D eigenvalue weighted by Crippen LogP contribution is -1.98. The minimum absolute atomic E-state index is 0.0424. The quantitative estimate of drug-likeness (QED) is 0.439. The lowest BCUT2D eigenvalue weighted by atomic mass is 9.89. The Morgan fingerprint density at radius 1 is 0.462 bits per heavy atom. The van der Waals surface area contributed by atoms with Gasteiger partial charge in [-0.05, 0) is 45.8 Å². The second kappa shape index (κ2) is 5.61. The molecule has 0 aliphatic carbocycles. The maximum atomic E-state index is 9.58. The van der Waals surface area contributed by atoms with Crippen LogP contribution in [0.5, 0.6) is 0 Å². The number of hydrogen-bond acceptors (Lipinski definition) is 4. The van der Waals surface area contributed by atoms with Crippen LogP contribution in [0.25, 0.3) is 32.3 Å². The van der Waals surface area contributed by atoms with Crippen molar-refractivity contribution < 1.29 is 0 Å². The van der Waals surface area contributed by atoms with Crippen LogP contribution in [0.15, 0.2) is 48.5 Å². The Kier molecular flexibility index (Phi) is 3.27. The zero-order valence-electron chi connectivity index (χ0n) is 13.4. The largest absolute Gasteiger partial charge is 0.192 e. The van der Waals surface area contributed by atoms with Crippen molar-refractivity contribution in [1.82, 2.24) is 0 Å². The molecular formula is C22H8N4. The number of nitrogens with zero attached hydrogens (tertiary/aromatic N) is 4. The summed E-state index contributed by atoms with van der Waals surface area (Å²) in [4.78, 5) is 0. The predicted molar refractivity (Wildman–Crippen MR) is 97.8 cm³/mol. The van der Waals surface area contributed by atoms with Crippen molar-refractivity contribution in [2.75, 3.05) is 0 Å². The van der Waals surface area contributed by atoms with Crippen LogP contribution in [0.1, 0.15) is 22.3 Å². The lowest BCUT2D eigenvalue weighted by Gasteiger charge is -2.10. The summed E-state index contributed by atoms with van der Waals surface area (Å²) in [5, 5.41) is 43.0. The molecule has 0 atom stereocenters. The Morgan fingerprint density at radius 2 is 0.846 bits per heavy atom. The summed E-state index contributed by atoms with van der Waals surface area (Å²) in [5.74, 6) is 0. The van der Waals surface area contributed by atoms with Gasteiger partial charge >= 0.3 is 0 Å². The molecule has 0 unspecified atom stereocenters. The molecule has 0 saturated carbocycles. The molecule has 4 nitrogen and oxygen atoms in total. The third kappa shape index (κ3) is 1.98. The Labute approximate surface area is 149 Å². The second-order valence-electron chi connectivity index (χ2n) is 5.89. The van der Waals surface area contributed by atoms with Gasteiger partial charge in [0.2, 0.25) is 0 Å². The maximum absolute atomic E-state index is 9.58. The van der Waals surface area contributed by atoms with E-state index >= 15 is 0 Å². The average Bonchev–Trinajstić information content (AvgIpc) is 2.68. The molecular weight excluding hydrogens is 320 g/mol. The van der Waals surface area contributed by atoms with Crippen molar-refractivity contribution in [1.29, 1.82) is 21.0 Å². The van der Waals surface area contributed by atoms with Crippen molar-refractivity contribution in [2.45, 2.75) is 0 Å². The molecule has 0 aliphatic rings. The lowest BCUT2D eigenvalue weighted by molar-refractivity contribution is 1.39. The standard InChI is InChI=1S/C22H8N4/c23-9-19-17-7-15-5-13-3-1-2-4-14(13)6-16(15)8-18(17)20(10-24)22(12-26)21(19)11-25/h1-8H. The van der Waals surface area contributed by atoms with Gasteiger partial charge in [-0.3, -0.25) is 0 Å². The number of benzene rings is 4. The van der Waals surface area contributed by atoms with E-state index < -0.39 is 0 Å². The van der Waals surface area contributed by atoms with E-state index in [-0.39, 0.29) is 22.3 Å². The molecule has 4 rings (SSSR count). The minimum atomic E-state index is -0.0424. The van der Waals surface area contributed by atoms with E-state index in [0.29, 0.717) is 10.8 Å². The fraction of sp³-hybridized carbons (Fsp3) is 0. The molecule has 4 aromatic carbocycles. The zero-order valence-corrected chi connectivity index (χ0v) is 13.4. The van der Waals surface area contributed by atoms with Crippen LogP contribution in [0, 0.1) is 45.3 Å². The van der Waals surface area contributed by atoms with Crippen molar-refractivity contribution in [2.24, 2.45) is 0 Å². The van der Waals surface area contributed by atoms with Crippen molar-refractivity contribution in [3.63, 3.8) is 0 Å². The summed E-state index contributed by atoms with van der Waals surface area (Å²) < 4.78 is 0. The van der Waals surface area contributed by atoms with Crippen LogP contribution < -0.4 is 0 Å². The second-order valence-corrected chi connectivity index (χ2v) is 5.89. The SMILES string of the molecule is N#Cc1c(C#N)c(C#N)c2cc3cc4ccccc4cc3cc2c1C#N. The monoisotopic (exact) mass is 328 g/mol. The first-order valence-corrected chi connectivity index (χ1v) is 7.78. The van der Waals surface area contributed by atoms with E-state index in [2.05, 4.69) is 0 Å². The van der Waals surface area contributed by atoms with Crippen LogP contribution in [-0.2, 0) is 0 Å². The van der Waals surface area contributed by atoms with Crippen molar-refractivity contribution in [3.05, 3.63) is 70.8 Å². The summed E-state index contributed by atoms with van der Waals surface area (Å²) >= 11 is 0. The molecule has 0 aromatic heterocycles. The van der Waals surface area contributed by atoms with E-state index in [0.717, 1.165) is 21.5 Å². The highest BCUT2D eigenvalue weighted by Crippen LogP contribution is 2.34. The maximum Gasteiger partial charge on any atom is 0.102 e. The molecule has 4 aromatic rings. The van der Waals surface area contributed by atoms with Gasteiger partial charge in [-0.15, -0.1) is 0 Å². The van der Waals surface area contributed by atoms with Crippen molar-refractivity contribution in [3.8, 4) is 24.3 Å². The van der Waals surface area contributed by atoms with Gasteiger partial charge in [0.25, 0.3) is 0 Å². The summed E-state index contributed by atoms with van der Waals surface area (Å²) in [6.07, 6.45) is 0. The van der Waals surface area contributed by atoms with Gasteiger partial charge in [0.1, 0.15) is 24.3 Å². The molecule has 0 bridgehead atoms. The first kappa shape index (κ1) is 15.2. The molecule has 0 aliphatic heterocycles. The van der Waals surface area contributed by atoms with Gasteiger partial charge in [0, 0.05) is 10.8 Å².